The van der Waals surface area contributed by atoms with Crippen molar-refractivity contribution in [3.63, 3.8) is 0 Å². The topological polar surface area (TPSA) is 59.3 Å². The first kappa shape index (κ1) is 14.5. The van der Waals surface area contributed by atoms with E-state index < -0.39 is 5.92 Å². The van der Waals surface area contributed by atoms with E-state index in [9.17, 15) is 10.1 Å². The standard InChI is InChI=1S/C20H15NO3/c1-12(7-13-5-3-2-4-6-13)19-14-8-17-18(24-11-23-17)9-15(14)20(22)16(19)10-21/h2-9,16,19H,11H2,1H3/b12-7+. The third kappa shape index (κ3) is 2.17. The van der Waals surface area contributed by atoms with Crippen LogP contribution in [-0.4, -0.2) is 12.6 Å². The second-order valence-electron chi connectivity index (χ2n) is 6.04. The molecule has 0 fully saturated rings. The highest BCUT2D eigenvalue weighted by Gasteiger charge is 2.42. The monoisotopic (exact) mass is 317 g/mol. The predicted molar refractivity (Wildman–Crippen MR) is 88.8 cm³/mol. The number of benzene rings is 2. The summed E-state index contributed by atoms with van der Waals surface area (Å²) in [5, 5.41) is 9.54. The molecule has 0 amide bonds. The van der Waals surface area contributed by atoms with Crippen molar-refractivity contribution in [2.45, 2.75) is 12.8 Å². The summed E-state index contributed by atoms with van der Waals surface area (Å²) in [5.41, 5.74) is 3.45. The van der Waals surface area contributed by atoms with Crippen LogP contribution < -0.4 is 9.47 Å². The van der Waals surface area contributed by atoms with Crippen LogP contribution in [0.4, 0.5) is 0 Å². The minimum absolute atomic E-state index is 0.142. The van der Waals surface area contributed by atoms with Crippen LogP contribution in [0.5, 0.6) is 11.5 Å². The molecule has 1 aliphatic carbocycles. The maximum Gasteiger partial charge on any atom is 0.231 e. The zero-order valence-electron chi connectivity index (χ0n) is 13.2. The Morgan fingerprint density at radius 2 is 1.92 bits per heavy atom. The third-order valence-electron chi connectivity index (χ3n) is 4.58. The maximum absolute atomic E-state index is 12.6. The Bertz CT molecular complexity index is 893. The quantitative estimate of drug-likeness (QED) is 0.842. The first-order chi connectivity index (χ1) is 11.7. The number of carbonyl (C=O) groups is 1. The number of nitrogens with zero attached hydrogens (tertiary/aromatic N) is 1. The number of ketones is 1. The summed E-state index contributed by atoms with van der Waals surface area (Å²) >= 11 is 0. The van der Waals surface area contributed by atoms with Gasteiger partial charge in [0.1, 0.15) is 5.92 Å². The van der Waals surface area contributed by atoms with Gasteiger partial charge >= 0.3 is 0 Å². The van der Waals surface area contributed by atoms with Gasteiger partial charge in [0.25, 0.3) is 0 Å². The lowest BCUT2D eigenvalue weighted by molar-refractivity contribution is 0.0957. The van der Waals surface area contributed by atoms with Crippen LogP contribution in [0.3, 0.4) is 0 Å². The summed E-state index contributed by atoms with van der Waals surface area (Å²) in [4.78, 5) is 12.6. The van der Waals surface area contributed by atoms with Crippen LogP contribution in [0.15, 0.2) is 48.0 Å². The second-order valence-corrected chi connectivity index (χ2v) is 6.04. The molecule has 0 saturated carbocycles. The van der Waals surface area contributed by atoms with Gasteiger partial charge in [-0.15, -0.1) is 0 Å². The van der Waals surface area contributed by atoms with Crippen LogP contribution in [0.25, 0.3) is 6.08 Å². The molecule has 4 rings (SSSR count). The van der Waals surface area contributed by atoms with Crippen LogP contribution in [0.1, 0.15) is 34.3 Å². The number of rotatable bonds is 2. The van der Waals surface area contributed by atoms with E-state index in [0.29, 0.717) is 17.1 Å². The van der Waals surface area contributed by atoms with Crippen molar-refractivity contribution in [3.05, 3.63) is 64.7 Å². The Morgan fingerprint density at radius 1 is 1.21 bits per heavy atom. The van der Waals surface area contributed by atoms with Crippen molar-refractivity contribution in [2.75, 3.05) is 6.79 Å². The molecule has 2 unspecified atom stereocenters. The van der Waals surface area contributed by atoms with Gasteiger partial charge in [0.15, 0.2) is 17.3 Å². The molecule has 2 aliphatic rings. The van der Waals surface area contributed by atoms with Gasteiger partial charge in [-0.05, 0) is 30.2 Å². The van der Waals surface area contributed by atoms with E-state index in [1.165, 1.54) is 0 Å². The van der Waals surface area contributed by atoms with E-state index in [2.05, 4.69) is 6.07 Å². The Hall–Kier alpha value is -3.06. The highest BCUT2D eigenvalue weighted by atomic mass is 16.7. The van der Waals surface area contributed by atoms with Crippen molar-refractivity contribution in [3.8, 4) is 17.6 Å². The molecule has 1 aliphatic heterocycles. The number of ether oxygens (including phenoxy) is 2. The molecule has 4 heteroatoms. The maximum atomic E-state index is 12.6. The molecule has 0 radical (unpaired) electrons. The molecule has 2 aromatic rings. The lowest BCUT2D eigenvalue weighted by Gasteiger charge is -2.15. The summed E-state index contributed by atoms with van der Waals surface area (Å²) < 4.78 is 10.8. The SMILES string of the molecule is C/C(=C\c1ccccc1)C1c2cc3c(cc2C(=O)C1C#N)OCO3. The fourth-order valence-corrected chi connectivity index (χ4v) is 3.47. The van der Waals surface area contributed by atoms with Gasteiger partial charge in [-0.1, -0.05) is 42.0 Å². The van der Waals surface area contributed by atoms with Crippen molar-refractivity contribution in [1.29, 1.82) is 5.26 Å². The molecular weight excluding hydrogens is 302 g/mol. The highest BCUT2D eigenvalue weighted by molar-refractivity contribution is 6.06. The number of hydrogen-bond donors (Lipinski definition) is 0. The van der Waals surface area contributed by atoms with E-state index >= 15 is 0 Å². The molecule has 2 aromatic carbocycles. The number of carbonyl (C=O) groups excluding carboxylic acids is 1. The van der Waals surface area contributed by atoms with Crippen molar-refractivity contribution < 1.29 is 14.3 Å². The summed E-state index contributed by atoms with van der Waals surface area (Å²) in [7, 11) is 0. The van der Waals surface area contributed by atoms with E-state index in [4.69, 9.17) is 9.47 Å². The van der Waals surface area contributed by atoms with Crippen molar-refractivity contribution >= 4 is 11.9 Å². The molecule has 1 heterocycles. The Balaban J connectivity index is 1.82. The van der Waals surface area contributed by atoms with E-state index in [-0.39, 0.29) is 18.5 Å². The van der Waals surface area contributed by atoms with Crippen LogP contribution >= 0.6 is 0 Å². The number of hydrogen-bond acceptors (Lipinski definition) is 4. The summed E-state index contributed by atoms with van der Waals surface area (Å²) in [6, 6.07) is 15.6. The van der Waals surface area contributed by atoms with Gasteiger partial charge in [0.05, 0.1) is 6.07 Å². The third-order valence-corrected chi connectivity index (χ3v) is 4.58. The van der Waals surface area contributed by atoms with Crippen LogP contribution in [0, 0.1) is 17.2 Å². The average Bonchev–Trinajstić information content (AvgIpc) is 3.16. The zero-order chi connectivity index (χ0) is 16.7. The molecule has 0 N–H and O–H groups in total. The van der Waals surface area contributed by atoms with Crippen LogP contribution in [-0.2, 0) is 0 Å². The normalized spacial score (nSPS) is 21.5. The number of fused-ring (bicyclic) bond motifs is 2. The molecule has 0 spiro atoms. The molecule has 0 aromatic heterocycles. The van der Waals surface area contributed by atoms with Gasteiger partial charge in [-0.2, -0.15) is 5.26 Å². The van der Waals surface area contributed by atoms with Crippen LogP contribution in [0.2, 0.25) is 0 Å². The van der Waals surface area contributed by atoms with Gasteiger partial charge in [0.2, 0.25) is 6.79 Å². The minimum atomic E-state index is -0.706. The van der Waals surface area contributed by atoms with E-state index in [1.54, 1.807) is 6.07 Å². The average molecular weight is 317 g/mol. The highest BCUT2D eigenvalue weighted by Crippen LogP contribution is 2.47. The number of Topliss-reactive ketones (excluding diaryl/α,β-unsaturated/α-hetero) is 1. The van der Waals surface area contributed by atoms with E-state index in [0.717, 1.165) is 16.7 Å². The number of allylic oxidation sites excluding steroid dienone is 1. The van der Waals surface area contributed by atoms with Gasteiger partial charge < -0.3 is 9.47 Å². The molecule has 118 valence electrons. The molecule has 0 bridgehead atoms. The van der Waals surface area contributed by atoms with Gasteiger partial charge in [-0.25, -0.2) is 0 Å². The summed E-state index contributed by atoms with van der Waals surface area (Å²) in [5.74, 6) is 0.105. The largest absolute Gasteiger partial charge is 0.454 e. The fraction of sp³-hybridized carbons (Fsp3) is 0.200. The molecular formula is C20H15NO3. The van der Waals surface area contributed by atoms with Gasteiger partial charge in [-0.3, -0.25) is 4.79 Å². The molecule has 24 heavy (non-hydrogen) atoms. The van der Waals surface area contributed by atoms with Crippen molar-refractivity contribution in [1.82, 2.24) is 0 Å². The molecule has 4 nitrogen and oxygen atoms in total. The molecule has 0 saturated heterocycles. The Kier molecular flexibility index (Phi) is 3.35. The van der Waals surface area contributed by atoms with Gasteiger partial charge in [0, 0.05) is 11.5 Å². The summed E-state index contributed by atoms with van der Waals surface area (Å²) in [6.07, 6.45) is 2.03. The fourth-order valence-electron chi connectivity index (χ4n) is 3.47. The first-order valence-corrected chi connectivity index (χ1v) is 7.79. The second kappa shape index (κ2) is 5.54. The minimum Gasteiger partial charge on any atom is -0.454 e. The summed E-state index contributed by atoms with van der Waals surface area (Å²) in [6.45, 7) is 2.13. The van der Waals surface area contributed by atoms with Crippen molar-refractivity contribution in [2.24, 2.45) is 5.92 Å². The lowest BCUT2D eigenvalue weighted by Crippen LogP contribution is -2.12. The number of nitriles is 1. The molecule has 2 atom stereocenters. The Morgan fingerprint density at radius 3 is 2.62 bits per heavy atom. The smallest absolute Gasteiger partial charge is 0.231 e. The Labute approximate surface area is 139 Å². The first-order valence-electron chi connectivity index (χ1n) is 7.79. The van der Waals surface area contributed by atoms with E-state index in [1.807, 2.05) is 49.4 Å². The predicted octanol–water partition coefficient (Wildman–Crippen LogP) is 3.94. The zero-order valence-corrected chi connectivity index (χ0v) is 13.2. The lowest BCUT2D eigenvalue weighted by atomic mass is 9.86.